The van der Waals surface area contributed by atoms with Crippen LogP contribution in [0.5, 0.6) is 0 Å². The molecule has 4 aromatic rings. The number of pyridine rings is 2. The van der Waals surface area contributed by atoms with Crippen LogP contribution in [0.3, 0.4) is 0 Å². The van der Waals surface area contributed by atoms with Gasteiger partial charge >= 0.3 is 0 Å². The number of benzene rings is 2. The van der Waals surface area contributed by atoms with Crippen LogP contribution in [0.2, 0.25) is 0 Å². The quantitative estimate of drug-likeness (QED) is 0.394. The SMILES string of the molecule is O=C(NCc1cccnc1)c1ccc(-c2ccccc2NCC(O)c2ccccc2)nc1. The maximum Gasteiger partial charge on any atom is 0.253 e. The number of rotatable bonds is 8. The molecule has 0 aliphatic heterocycles. The summed E-state index contributed by atoms with van der Waals surface area (Å²) in [6, 6.07) is 24.6. The fourth-order valence-electron chi connectivity index (χ4n) is 3.33. The lowest BCUT2D eigenvalue weighted by molar-refractivity contribution is 0.0950. The number of aliphatic hydroxyl groups excluding tert-OH is 1. The third-order valence-corrected chi connectivity index (χ3v) is 5.07. The van der Waals surface area contributed by atoms with Crippen molar-refractivity contribution in [3.8, 4) is 11.3 Å². The zero-order valence-corrected chi connectivity index (χ0v) is 17.5. The number of aliphatic hydroxyl groups is 1. The summed E-state index contributed by atoms with van der Waals surface area (Å²) in [6.07, 6.45) is 4.37. The lowest BCUT2D eigenvalue weighted by atomic mass is 10.1. The summed E-state index contributed by atoms with van der Waals surface area (Å²) < 4.78 is 0. The lowest BCUT2D eigenvalue weighted by Gasteiger charge is -2.16. The molecule has 0 spiro atoms. The van der Waals surface area contributed by atoms with Crippen LogP contribution in [0.4, 0.5) is 5.69 Å². The van der Waals surface area contributed by atoms with E-state index in [-0.39, 0.29) is 5.91 Å². The highest BCUT2D eigenvalue weighted by Gasteiger charge is 2.11. The number of hydrogen-bond acceptors (Lipinski definition) is 5. The van der Waals surface area contributed by atoms with Gasteiger partial charge in [-0.25, -0.2) is 0 Å². The van der Waals surface area contributed by atoms with E-state index in [0.29, 0.717) is 18.7 Å². The number of nitrogens with zero attached hydrogens (tertiary/aromatic N) is 2. The fraction of sp³-hybridized carbons (Fsp3) is 0.115. The average molecular weight is 425 g/mol. The second kappa shape index (κ2) is 10.3. The highest BCUT2D eigenvalue weighted by molar-refractivity contribution is 5.94. The minimum absolute atomic E-state index is 0.190. The van der Waals surface area contributed by atoms with Crippen LogP contribution in [0.1, 0.15) is 27.6 Å². The van der Waals surface area contributed by atoms with E-state index in [4.69, 9.17) is 0 Å². The standard InChI is InChI=1S/C26H24N4O2/c31-25(20-8-2-1-3-9-20)18-29-23-11-5-4-10-22(23)24-13-12-21(17-28-24)26(32)30-16-19-7-6-14-27-15-19/h1-15,17,25,29,31H,16,18H2,(H,30,32). The van der Waals surface area contributed by atoms with E-state index in [1.807, 2.05) is 72.8 Å². The number of nitrogens with one attached hydrogen (secondary N) is 2. The Balaban J connectivity index is 1.42. The topological polar surface area (TPSA) is 87.1 Å². The minimum atomic E-state index is -0.622. The van der Waals surface area contributed by atoms with Crippen molar-refractivity contribution >= 4 is 11.6 Å². The van der Waals surface area contributed by atoms with Crippen molar-refractivity contribution in [2.24, 2.45) is 0 Å². The molecular formula is C26H24N4O2. The molecule has 0 fully saturated rings. The number of carbonyl (C=O) groups excluding carboxylic acids is 1. The van der Waals surface area contributed by atoms with Crippen molar-refractivity contribution in [1.82, 2.24) is 15.3 Å². The molecule has 0 saturated heterocycles. The molecule has 1 atom stereocenters. The first-order valence-electron chi connectivity index (χ1n) is 10.4. The van der Waals surface area contributed by atoms with Gasteiger partial charge in [0.15, 0.2) is 0 Å². The molecule has 0 saturated carbocycles. The molecule has 0 aliphatic rings. The van der Waals surface area contributed by atoms with Gasteiger partial charge in [-0.05, 0) is 35.4 Å². The predicted octanol–water partition coefficient (Wildman–Crippen LogP) is 4.22. The van der Waals surface area contributed by atoms with Gasteiger partial charge in [0, 0.05) is 42.9 Å². The van der Waals surface area contributed by atoms with Gasteiger partial charge in [0.05, 0.1) is 17.4 Å². The average Bonchev–Trinajstić information content (AvgIpc) is 2.87. The summed E-state index contributed by atoms with van der Waals surface area (Å²) in [5.41, 5.74) is 4.79. The Labute approximate surface area is 187 Å². The lowest BCUT2D eigenvalue weighted by Crippen LogP contribution is -2.22. The molecule has 1 amide bonds. The van der Waals surface area contributed by atoms with Crippen LogP contribution < -0.4 is 10.6 Å². The van der Waals surface area contributed by atoms with Gasteiger partial charge in [0.1, 0.15) is 0 Å². The molecule has 2 aromatic carbocycles. The van der Waals surface area contributed by atoms with Gasteiger partial charge in [-0.1, -0.05) is 54.6 Å². The molecule has 6 heteroatoms. The van der Waals surface area contributed by atoms with E-state index in [0.717, 1.165) is 28.1 Å². The van der Waals surface area contributed by atoms with E-state index >= 15 is 0 Å². The maximum absolute atomic E-state index is 12.4. The fourth-order valence-corrected chi connectivity index (χ4v) is 3.33. The van der Waals surface area contributed by atoms with Crippen molar-refractivity contribution in [2.75, 3.05) is 11.9 Å². The van der Waals surface area contributed by atoms with Crippen LogP contribution in [0.15, 0.2) is 97.5 Å². The molecule has 160 valence electrons. The van der Waals surface area contributed by atoms with Crippen LogP contribution in [0.25, 0.3) is 11.3 Å². The zero-order valence-electron chi connectivity index (χ0n) is 17.5. The molecule has 32 heavy (non-hydrogen) atoms. The molecule has 3 N–H and O–H groups in total. The van der Waals surface area contributed by atoms with Crippen LogP contribution in [0, 0.1) is 0 Å². The number of hydrogen-bond donors (Lipinski definition) is 3. The molecule has 4 rings (SSSR count). The van der Waals surface area contributed by atoms with Gasteiger partial charge < -0.3 is 15.7 Å². The highest BCUT2D eigenvalue weighted by Crippen LogP contribution is 2.27. The van der Waals surface area contributed by atoms with E-state index in [1.165, 1.54) is 0 Å². The smallest absolute Gasteiger partial charge is 0.253 e. The van der Waals surface area contributed by atoms with E-state index in [2.05, 4.69) is 20.6 Å². The van der Waals surface area contributed by atoms with Crippen molar-refractivity contribution in [1.29, 1.82) is 0 Å². The van der Waals surface area contributed by atoms with Crippen LogP contribution >= 0.6 is 0 Å². The number of aromatic nitrogens is 2. The second-order valence-electron chi connectivity index (χ2n) is 7.33. The Bertz CT molecular complexity index is 1150. The van der Waals surface area contributed by atoms with Crippen LogP contribution in [-0.2, 0) is 6.54 Å². The molecule has 2 heterocycles. The number of anilines is 1. The summed E-state index contributed by atoms with van der Waals surface area (Å²) in [5, 5.41) is 16.6. The molecule has 0 radical (unpaired) electrons. The number of para-hydroxylation sites is 1. The summed E-state index contributed by atoms with van der Waals surface area (Å²) in [5.74, 6) is -0.190. The van der Waals surface area contributed by atoms with Crippen molar-refractivity contribution in [3.05, 3.63) is 114 Å². The third-order valence-electron chi connectivity index (χ3n) is 5.07. The van der Waals surface area contributed by atoms with Crippen molar-refractivity contribution in [2.45, 2.75) is 12.6 Å². The van der Waals surface area contributed by atoms with Crippen molar-refractivity contribution in [3.63, 3.8) is 0 Å². The molecule has 2 aromatic heterocycles. The second-order valence-corrected chi connectivity index (χ2v) is 7.33. The Morgan fingerprint density at radius 2 is 1.72 bits per heavy atom. The van der Waals surface area contributed by atoms with Gasteiger partial charge in [-0.2, -0.15) is 0 Å². The summed E-state index contributed by atoms with van der Waals surface area (Å²) in [4.78, 5) is 21.0. The molecule has 1 unspecified atom stereocenters. The summed E-state index contributed by atoms with van der Waals surface area (Å²) in [7, 11) is 0. The van der Waals surface area contributed by atoms with Gasteiger partial charge in [-0.3, -0.25) is 14.8 Å². The molecule has 0 bridgehead atoms. The molecule has 0 aliphatic carbocycles. The summed E-state index contributed by atoms with van der Waals surface area (Å²) >= 11 is 0. The Kier molecular flexibility index (Phi) is 6.84. The first-order chi connectivity index (χ1) is 15.7. The maximum atomic E-state index is 12.4. The van der Waals surface area contributed by atoms with E-state index in [1.54, 1.807) is 24.7 Å². The van der Waals surface area contributed by atoms with Crippen molar-refractivity contribution < 1.29 is 9.90 Å². The number of carbonyl (C=O) groups is 1. The van der Waals surface area contributed by atoms with E-state index < -0.39 is 6.10 Å². The zero-order chi connectivity index (χ0) is 22.2. The predicted molar refractivity (Wildman–Crippen MR) is 125 cm³/mol. The monoisotopic (exact) mass is 424 g/mol. The minimum Gasteiger partial charge on any atom is -0.387 e. The van der Waals surface area contributed by atoms with Gasteiger partial charge in [0.25, 0.3) is 5.91 Å². The molecular weight excluding hydrogens is 400 g/mol. The van der Waals surface area contributed by atoms with Gasteiger partial charge in [0.2, 0.25) is 0 Å². The largest absolute Gasteiger partial charge is 0.387 e. The Morgan fingerprint density at radius 3 is 2.47 bits per heavy atom. The van der Waals surface area contributed by atoms with Crippen LogP contribution in [-0.4, -0.2) is 27.5 Å². The normalized spacial score (nSPS) is 11.5. The first kappa shape index (κ1) is 21.2. The van der Waals surface area contributed by atoms with Gasteiger partial charge in [-0.15, -0.1) is 0 Å². The van der Waals surface area contributed by atoms with E-state index in [9.17, 15) is 9.90 Å². The summed E-state index contributed by atoms with van der Waals surface area (Å²) in [6.45, 7) is 0.779. The Hall–Kier alpha value is -4.03. The third kappa shape index (κ3) is 5.36. The molecule has 6 nitrogen and oxygen atoms in total. The Morgan fingerprint density at radius 1 is 0.906 bits per heavy atom. The highest BCUT2D eigenvalue weighted by atomic mass is 16.3. The number of amides is 1. The first-order valence-corrected chi connectivity index (χ1v) is 10.4.